The van der Waals surface area contributed by atoms with Crippen molar-refractivity contribution in [1.29, 1.82) is 0 Å². The normalized spacial score (nSPS) is 12.2. The fourth-order valence-corrected chi connectivity index (χ4v) is 2.80. The molecule has 0 bridgehead atoms. The van der Waals surface area contributed by atoms with Gasteiger partial charge < -0.3 is 15.2 Å². The van der Waals surface area contributed by atoms with E-state index in [9.17, 15) is 4.79 Å². The monoisotopic (exact) mass is 294 g/mol. The van der Waals surface area contributed by atoms with Crippen molar-refractivity contribution in [1.82, 2.24) is 20.8 Å². The smallest absolute Gasteiger partial charge is 0.315 e. The van der Waals surface area contributed by atoms with Gasteiger partial charge in [0.25, 0.3) is 0 Å². The molecule has 2 N–H and O–H groups in total. The van der Waals surface area contributed by atoms with Crippen molar-refractivity contribution < 1.29 is 9.32 Å². The Kier molecular flexibility index (Phi) is 4.39. The summed E-state index contributed by atoms with van der Waals surface area (Å²) in [6, 6.07) is -0.367. The molecule has 0 fully saturated rings. The number of hydrogen-bond acceptors (Lipinski definition) is 5. The lowest BCUT2D eigenvalue weighted by Crippen LogP contribution is -2.36. The van der Waals surface area contributed by atoms with E-state index in [2.05, 4.69) is 20.8 Å². The van der Waals surface area contributed by atoms with E-state index in [1.165, 1.54) is 11.3 Å². The number of aryl methyl sites for hydroxylation is 3. The summed E-state index contributed by atoms with van der Waals surface area (Å²) in [4.78, 5) is 17.1. The van der Waals surface area contributed by atoms with Gasteiger partial charge in [-0.1, -0.05) is 5.16 Å². The van der Waals surface area contributed by atoms with E-state index in [1.54, 1.807) is 5.51 Å². The first-order valence-corrected chi connectivity index (χ1v) is 7.23. The molecule has 0 unspecified atom stereocenters. The summed E-state index contributed by atoms with van der Waals surface area (Å²) in [5.41, 5.74) is 4.45. The lowest BCUT2D eigenvalue weighted by molar-refractivity contribution is 0.237. The van der Waals surface area contributed by atoms with Crippen molar-refractivity contribution in [2.45, 2.75) is 40.3 Å². The summed E-state index contributed by atoms with van der Waals surface area (Å²) >= 11 is 1.53. The second-order valence-corrected chi connectivity index (χ2v) is 5.59. The zero-order chi connectivity index (χ0) is 14.7. The Hall–Kier alpha value is -1.89. The fourth-order valence-electron chi connectivity index (χ4n) is 2.08. The van der Waals surface area contributed by atoms with Crippen LogP contribution in [-0.2, 0) is 6.54 Å². The van der Waals surface area contributed by atoms with Gasteiger partial charge in [0.15, 0.2) is 0 Å². The Labute approximate surface area is 121 Å². The molecule has 0 spiro atoms. The third kappa shape index (κ3) is 3.16. The van der Waals surface area contributed by atoms with E-state index in [1.807, 2.05) is 27.7 Å². The Bertz CT molecular complexity index is 586. The fraction of sp³-hybridized carbons (Fsp3) is 0.462. The molecule has 2 heterocycles. The molecule has 2 aromatic rings. The summed E-state index contributed by atoms with van der Waals surface area (Å²) in [6.07, 6.45) is 0. The minimum atomic E-state index is -0.217. The van der Waals surface area contributed by atoms with Crippen LogP contribution in [0.25, 0.3) is 0 Å². The minimum Gasteiger partial charge on any atom is -0.361 e. The second-order valence-electron chi connectivity index (χ2n) is 4.65. The molecule has 0 aliphatic carbocycles. The molecule has 0 saturated heterocycles. The molecule has 0 radical (unpaired) electrons. The Balaban J connectivity index is 1.90. The number of nitrogens with one attached hydrogen (secondary N) is 2. The van der Waals surface area contributed by atoms with Crippen molar-refractivity contribution in [3.63, 3.8) is 0 Å². The van der Waals surface area contributed by atoms with Crippen LogP contribution in [0.4, 0.5) is 4.79 Å². The number of aromatic nitrogens is 2. The molecule has 0 aromatic carbocycles. The summed E-state index contributed by atoms with van der Waals surface area (Å²) in [5, 5.41) is 9.60. The van der Waals surface area contributed by atoms with Gasteiger partial charge in [-0.3, -0.25) is 0 Å². The van der Waals surface area contributed by atoms with Crippen LogP contribution in [0.3, 0.4) is 0 Å². The first-order valence-electron chi connectivity index (χ1n) is 6.35. The van der Waals surface area contributed by atoms with Gasteiger partial charge >= 0.3 is 6.03 Å². The molecular formula is C13H18N4O2S. The van der Waals surface area contributed by atoms with Gasteiger partial charge in [-0.2, -0.15) is 0 Å². The number of carbonyl (C=O) groups is 1. The molecule has 20 heavy (non-hydrogen) atoms. The predicted octanol–water partition coefficient (Wildman–Crippen LogP) is 2.62. The molecule has 0 aliphatic rings. The highest BCUT2D eigenvalue weighted by atomic mass is 32.1. The van der Waals surface area contributed by atoms with Crippen molar-refractivity contribution in [2.24, 2.45) is 0 Å². The summed E-state index contributed by atoms with van der Waals surface area (Å²) in [7, 11) is 0. The highest BCUT2D eigenvalue weighted by Crippen LogP contribution is 2.20. The second kappa shape index (κ2) is 6.04. The third-order valence-electron chi connectivity index (χ3n) is 3.12. The molecule has 7 heteroatoms. The van der Waals surface area contributed by atoms with Crippen molar-refractivity contribution in [3.8, 4) is 0 Å². The summed E-state index contributed by atoms with van der Waals surface area (Å²) in [6.45, 7) is 8.02. The zero-order valence-corrected chi connectivity index (χ0v) is 12.8. The van der Waals surface area contributed by atoms with Gasteiger partial charge in [0.05, 0.1) is 29.5 Å². The largest absolute Gasteiger partial charge is 0.361 e. The standard InChI is InChI=1S/C13H18N4O2S/c1-7-11(20-6-15-7)5-14-13(18)16-8(2)12-9(3)17-19-10(12)4/h6,8H,5H2,1-4H3,(H2,14,16,18)/t8-/m0/s1. The van der Waals surface area contributed by atoms with E-state index in [0.717, 1.165) is 27.6 Å². The quantitative estimate of drug-likeness (QED) is 0.908. The molecule has 2 aromatic heterocycles. The maximum Gasteiger partial charge on any atom is 0.315 e. The molecule has 0 aliphatic heterocycles. The minimum absolute atomic E-state index is 0.149. The lowest BCUT2D eigenvalue weighted by Gasteiger charge is -2.14. The van der Waals surface area contributed by atoms with Gasteiger partial charge in [0, 0.05) is 10.4 Å². The number of carbonyl (C=O) groups excluding carboxylic acids is 1. The van der Waals surface area contributed by atoms with Crippen molar-refractivity contribution in [2.75, 3.05) is 0 Å². The van der Waals surface area contributed by atoms with Crippen LogP contribution in [-0.4, -0.2) is 16.2 Å². The summed E-state index contributed by atoms with van der Waals surface area (Å²) in [5.74, 6) is 0.730. The van der Waals surface area contributed by atoms with Crippen LogP contribution in [0.1, 0.15) is 40.6 Å². The zero-order valence-electron chi connectivity index (χ0n) is 12.0. The molecular weight excluding hydrogens is 276 g/mol. The average Bonchev–Trinajstić information content (AvgIpc) is 2.93. The van der Waals surface area contributed by atoms with Crippen LogP contribution in [0.5, 0.6) is 0 Å². The van der Waals surface area contributed by atoms with E-state index in [-0.39, 0.29) is 12.1 Å². The first kappa shape index (κ1) is 14.5. The number of urea groups is 1. The van der Waals surface area contributed by atoms with E-state index < -0.39 is 0 Å². The number of rotatable bonds is 4. The molecule has 108 valence electrons. The molecule has 1 atom stereocenters. The van der Waals surface area contributed by atoms with Crippen LogP contribution in [0.2, 0.25) is 0 Å². The highest BCUT2D eigenvalue weighted by Gasteiger charge is 2.18. The van der Waals surface area contributed by atoms with Crippen molar-refractivity contribution >= 4 is 17.4 Å². The number of amides is 2. The Morgan fingerprint density at radius 3 is 2.70 bits per heavy atom. The first-order chi connectivity index (χ1) is 9.49. The van der Waals surface area contributed by atoms with Crippen LogP contribution < -0.4 is 10.6 Å². The molecule has 2 rings (SSSR count). The molecule has 0 saturated carbocycles. The SMILES string of the molecule is Cc1ncsc1CNC(=O)N[C@@H](C)c1c(C)noc1C. The number of thiazole rings is 1. The molecule has 6 nitrogen and oxygen atoms in total. The number of hydrogen-bond donors (Lipinski definition) is 2. The van der Waals surface area contributed by atoms with Crippen LogP contribution in [0, 0.1) is 20.8 Å². The van der Waals surface area contributed by atoms with Crippen molar-refractivity contribution in [3.05, 3.63) is 33.1 Å². The van der Waals surface area contributed by atoms with Crippen LogP contribution in [0.15, 0.2) is 10.0 Å². The lowest BCUT2D eigenvalue weighted by atomic mass is 10.1. The predicted molar refractivity (Wildman–Crippen MR) is 76.6 cm³/mol. The van der Waals surface area contributed by atoms with Gasteiger partial charge in [-0.05, 0) is 27.7 Å². The summed E-state index contributed by atoms with van der Waals surface area (Å²) < 4.78 is 5.10. The van der Waals surface area contributed by atoms with Gasteiger partial charge in [-0.25, -0.2) is 9.78 Å². The van der Waals surface area contributed by atoms with Gasteiger partial charge in [0.2, 0.25) is 0 Å². The average molecular weight is 294 g/mol. The van der Waals surface area contributed by atoms with Crippen LogP contribution >= 0.6 is 11.3 Å². The Morgan fingerprint density at radius 2 is 2.15 bits per heavy atom. The van der Waals surface area contributed by atoms with E-state index >= 15 is 0 Å². The maximum atomic E-state index is 11.9. The maximum absolute atomic E-state index is 11.9. The number of nitrogens with zero attached hydrogens (tertiary/aromatic N) is 2. The third-order valence-corrected chi connectivity index (χ3v) is 4.06. The topological polar surface area (TPSA) is 80.0 Å². The van der Waals surface area contributed by atoms with Gasteiger partial charge in [0.1, 0.15) is 5.76 Å². The molecule has 2 amide bonds. The van der Waals surface area contributed by atoms with E-state index in [4.69, 9.17) is 4.52 Å². The highest BCUT2D eigenvalue weighted by molar-refractivity contribution is 7.09. The Morgan fingerprint density at radius 1 is 1.40 bits per heavy atom. The van der Waals surface area contributed by atoms with E-state index in [0.29, 0.717) is 6.54 Å². The van der Waals surface area contributed by atoms with Gasteiger partial charge in [-0.15, -0.1) is 11.3 Å².